The molecular formula is C20H18N4O3S. The molecule has 4 bridgehead atoms. The molecule has 2 N–H and O–H groups in total. The number of rotatable bonds is 0. The Morgan fingerprint density at radius 3 is 2.96 bits per heavy atom. The van der Waals surface area contributed by atoms with Crippen LogP contribution in [-0.4, -0.2) is 33.1 Å². The van der Waals surface area contributed by atoms with E-state index in [0.29, 0.717) is 53.1 Å². The molecule has 5 rings (SSSR count). The van der Waals surface area contributed by atoms with Gasteiger partial charge in [-0.15, -0.1) is 0 Å². The van der Waals surface area contributed by atoms with Gasteiger partial charge in [0, 0.05) is 25.2 Å². The fraction of sp³-hybridized carbons (Fsp3) is 0.250. The highest BCUT2D eigenvalue weighted by atomic mass is 32.1. The van der Waals surface area contributed by atoms with Crippen molar-refractivity contribution in [2.75, 3.05) is 13.1 Å². The van der Waals surface area contributed by atoms with Crippen LogP contribution in [-0.2, 0) is 6.54 Å². The van der Waals surface area contributed by atoms with Gasteiger partial charge in [-0.25, -0.2) is 4.98 Å². The average Bonchev–Trinajstić information content (AvgIpc) is 3.01. The Morgan fingerprint density at radius 2 is 2.07 bits per heavy atom. The van der Waals surface area contributed by atoms with Crippen LogP contribution in [0.15, 0.2) is 46.0 Å². The van der Waals surface area contributed by atoms with Crippen LogP contribution in [0.25, 0.3) is 32.4 Å². The Bertz CT molecular complexity index is 1320. The molecule has 0 saturated heterocycles. The Hall–Kier alpha value is -2.97. The lowest BCUT2D eigenvalue weighted by Crippen LogP contribution is -2.32. The fourth-order valence-electron chi connectivity index (χ4n) is 3.53. The summed E-state index contributed by atoms with van der Waals surface area (Å²) in [6.45, 7) is 3.83. The smallest absolute Gasteiger partial charge is 0.275 e. The molecule has 142 valence electrons. The first-order valence-electron chi connectivity index (χ1n) is 9.15. The molecule has 28 heavy (non-hydrogen) atoms. The minimum absolute atomic E-state index is 0.0410. The zero-order valence-electron chi connectivity index (χ0n) is 15.2. The first-order valence-corrected chi connectivity index (χ1v) is 9.93. The highest BCUT2D eigenvalue weighted by Crippen LogP contribution is 2.30. The summed E-state index contributed by atoms with van der Waals surface area (Å²) in [5.41, 5.74) is 1.85. The van der Waals surface area contributed by atoms with Gasteiger partial charge in [-0.2, -0.15) is 0 Å². The molecule has 0 aliphatic carbocycles. The number of hydrogen-bond donors (Lipinski definition) is 2. The van der Waals surface area contributed by atoms with Gasteiger partial charge in [0.05, 0.1) is 15.6 Å². The predicted octanol–water partition coefficient (Wildman–Crippen LogP) is 2.34. The second kappa shape index (κ2) is 6.57. The second-order valence-corrected chi connectivity index (χ2v) is 7.91. The largest absolute Gasteiger partial charge is 0.487 e. The molecule has 0 saturated carbocycles. The number of para-hydroxylation sites is 1. The molecule has 7 nitrogen and oxygen atoms in total. The number of aromatic amines is 1. The molecule has 2 aromatic heterocycles. The summed E-state index contributed by atoms with van der Waals surface area (Å²) in [7, 11) is 0. The summed E-state index contributed by atoms with van der Waals surface area (Å²) < 4.78 is 8.57. The highest BCUT2D eigenvalue weighted by Gasteiger charge is 2.18. The van der Waals surface area contributed by atoms with Crippen molar-refractivity contribution in [1.82, 2.24) is 19.2 Å². The van der Waals surface area contributed by atoms with Crippen molar-refractivity contribution in [2.45, 2.75) is 19.6 Å². The SMILES string of the molecule is C[C@H]1CNCCn2sc3c(cccc3c2=O)-c2nc3c(cccc3[nH]c2=O)O1. The lowest BCUT2D eigenvalue weighted by Gasteiger charge is -2.17. The van der Waals surface area contributed by atoms with Crippen LogP contribution < -0.4 is 21.2 Å². The molecule has 1 aliphatic heterocycles. The molecule has 0 fully saturated rings. The number of fused-ring (bicyclic) bond motifs is 3. The second-order valence-electron chi connectivity index (χ2n) is 6.88. The summed E-state index contributed by atoms with van der Waals surface area (Å²) >= 11 is 1.37. The lowest BCUT2D eigenvalue weighted by molar-refractivity contribution is 0.219. The third kappa shape index (κ3) is 2.73. The van der Waals surface area contributed by atoms with E-state index in [0.717, 1.165) is 4.70 Å². The molecule has 0 spiro atoms. The van der Waals surface area contributed by atoms with E-state index in [-0.39, 0.29) is 17.2 Å². The molecule has 1 aliphatic rings. The number of benzene rings is 2. The zero-order valence-corrected chi connectivity index (χ0v) is 16.0. The highest BCUT2D eigenvalue weighted by molar-refractivity contribution is 7.14. The molecule has 1 atom stereocenters. The third-order valence-electron chi connectivity index (χ3n) is 4.87. The van der Waals surface area contributed by atoms with Crippen LogP contribution in [0, 0.1) is 0 Å². The summed E-state index contributed by atoms with van der Waals surface area (Å²) in [5.74, 6) is 0.624. The fourth-order valence-corrected chi connectivity index (χ4v) is 4.63. The van der Waals surface area contributed by atoms with Gasteiger partial charge in [-0.1, -0.05) is 29.7 Å². The number of nitrogens with zero attached hydrogens (tertiary/aromatic N) is 2. The maximum absolute atomic E-state index is 12.8. The number of hydrogen-bond acceptors (Lipinski definition) is 6. The van der Waals surface area contributed by atoms with Crippen molar-refractivity contribution in [1.29, 1.82) is 0 Å². The van der Waals surface area contributed by atoms with E-state index >= 15 is 0 Å². The molecule has 2 aromatic carbocycles. The van der Waals surface area contributed by atoms with Gasteiger partial charge in [-0.3, -0.25) is 13.5 Å². The molecule has 0 amide bonds. The van der Waals surface area contributed by atoms with Crippen LogP contribution in [0.3, 0.4) is 0 Å². The third-order valence-corrected chi connectivity index (χ3v) is 6.06. The van der Waals surface area contributed by atoms with Crippen LogP contribution in [0.4, 0.5) is 0 Å². The maximum atomic E-state index is 12.8. The Kier molecular flexibility index (Phi) is 4.03. The summed E-state index contributed by atoms with van der Waals surface area (Å²) in [4.78, 5) is 33.1. The standard InChI is InChI=1S/C20H18N4O3S/c1-11-10-21-8-9-24-20(26)13-5-2-4-12(18(13)28-24)16-19(25)22-14-6-3-7-15(27-11)17(14)23-16/h2-7,11,21H,8-10H2,1H3,(H,22,25)/t11-/m0/s1. The lowest BCUT2D eigenvalue weighted by atomic mass is 10.1. The van der Waals surface area contributed by atoms with Gasteiger partial charge in [0.15, 0.2) is 0 Å². The van der Waals surface area contributed by atoms with Crippen LogP contribution >= 0.6 is 11.5 Å². The van der Waals surface area contributed by atoms with Crippen LogP contribution in [0.2, 0.25) is 0 Å². The Balaban J connectivity index is 1.85. The van der Waals surface area contributed by atoms with Crippen molar-refractivity contribution < 1.29 is 4.74 Å². The molecule has 0 radical (unpaired) electrons. The van der Waals surface area contributed by atoms with Gasteiger partial charge < -0.3 is 15.0 Å². The van der Waals surface area contributed by atoms with Crippen LogP contribution in [0.5, 0.6) is 5.75 Å². The number of ether oxygens (including phenoxy) is 1. The first kappa shape index (κ1) is 17.2. The molecule has 3 heterocycles. The van der Waals surface area contributed by atoms with Gasteiger partial charge in [0.1, 0.15) is 23.1 Å². The van der Waals surface area contributed by atoms with E-state index in [9.17, 15) is 9.59 Å². The van der Waals surface area contributed by atoms with Crippen molar-refractivity contribution in [2.24, 2.45) is 0 Å². The molecule has 0 unspecified atom stereocenters. The summed E-state index contributed by atoms with van der Waals surface area (Å²) in [6.07, 6.45) is -0.0933. The number of nitrogens with one attached hydrogen (secondary N) is 2. The Morgan fingerprint density at radius 1 is 1.21 bits per heavy atom. The number of aromatic nitrogens is 3. The molecule has 8 heteroatoms. The molecule has 4 aromatic rings. The monoisotopic (exact) mass is 394 g/mol. The van der Waals surface area contributed by atoms with Crippen molar-refractivity contribution in [3.63, 3.8) is 0 Å². The van der Waals surface area contributed by atoms with Crippen molar-refractivity contribution >= 4 is 32.7 Å². The van der Waals surface area contributed by atoms with Crippen molar-refractivity contribution in [3.05, 3.63) is 57.1 Å². The minimum Gasteiger partial charge on any atom is -0.487 e. The Labute approximate surface area is 163 Å². The minimum atomic E-state index is -0.286. The van der Waals surface area contributed by atoms with E-state index in [4.69, 9.17) is 4.74 Å². The van der Waals surface area contributed by atoms with E-state index in [1.807, 2.05) is 31.2 Å². The normalized spacial score (nSPS) is 17.1. The summed E-state index contributed by atoms with van der Waals surface area (Å²) in [5, 5.41) is 3.95. The van der Waals surface area contributed by atoms with E-state index < -0.39 is 0 Å². The number of H-pyrrole nitrogens is 1. The van der Waals surface area contributed by atoms with Crippen LogP contribution in [0.1, 0.15) is 6.92 Å². The quantitative estimate of drug-likeness (QED) is 0.478. The molecular weight excluding hydrogens is 376 g/mol. The van der Waals surface area contributed by atoms with Gasteiger partial charge >= 0.3 is 0 Å². The topological polar surface area (TPSA) is 89.0 Å². The van der Waals surface area contributed by atoms with E-state index in [2.05, 4.69) is 15.3 Å². The van der Waals surface area contributed by atoms with Gasteiger partial charge in [0.2, 0.25) is 0 Å². The summed E-state index contributed by atoms with van der Waals surface area (Å²) in [6, 6.07) is 10.9. The predicted molar refractivity (Wildman–Crippen MR) is 110 cm³/mol. The average molecular weight is 394 g/mol. The van der Waals surface area contributed by atoms with Gasteiger partial charge in [-0.05, 0) is 25.1 Å². The van der Waals surface area contributed by atoms with E-state index in [1.165, 1.54) is 11.5 Å². The maximum Gasteiger partial charge on any atom is 0.275 e. The van der Waals surface area contributed by atoms with E-state index in [1.54, 1.807) is 16.1 Å². The van der Waals surface area contributed by atoms with Crippen molar-refractivity contribution in [3.8, 4) is 17.0 Å². The van der Waals surface area contributed by atoms with Gasteiger partial charge in [0.25, 0.3) is 11.1 Å². The zero-order chi connectivity index (χ0) is 19.3. The first-order chi connectivity index (χ1) is 13.6.